The quantitative estimate of drug-likeness (QED) is 0.169. The van der Waals surface area contributed by atoms with Gasteiger partial charge in [-0.25, -0.2) is 0 Å². The number of aryl methyl sites for hydroxylation is 3. The Labute approximate surface area is 338 Å². The maximum absolute atomic E-state index is 4.62. The van der Waals surface area contributed by atoms with Crippen molar-refractivity contribution in [3.8, 4) is 35.5 Å². The highest BCUT2D eigenvalue weighted by atomic mass is 15.1. The van der Waals surface area contributed by atoms with E-state index in [0.717, 1.165) is 100 Å². The molecule has 0 radical (unpaired) electrons. The number of hydrogen-bond donors (Lipinski definition) is 0. The molecule has 4 nitrogen and oxygen atoms in total. The van der Waals surface area contributed by atoms with Crippen molar-refractivity contribution in [1.82, 2.24) is 15.0 Å². The van der Waals surface area contributed by atoms with Gasteiger partial charge in [0.05, 0.1) is 16.6 Å². The van der Waals surface area contributed by atoms with Crippen molar-refractivity contribution in [2.24, 2.45) is 0 Å². The highest BCUT2D eigenvalue weighted by molar-refractivity contribution is 5.83. The summed E-state index contributed by atoms with van der Waals surface area (Å²) >= 11 is 0. The molecule has 3 aromatic heterocycles. The number of hydrogen-bond acceptors (Lipinski definition) is 4. The van der Waals surface area contributed by atoms with E-state index in [1.807, 2.05) is 75.4 Å². The Morgan fingerprint density at radius 2 is 0.552 bits per heavy atom. The molecule has 6 aromatic carbocycles. The highest BCUT2D eigenvalue weighted by Gasteiger charge is 2.13. The van der Waals surface area contributed by atoms with Gasteiger partial charge in [0, 0.05) is 83.7 Å². The molecule has 58 heavy (non-hydrogen) atoms. The van der Waals surface area contributed by atoms with Crippen molar-refractivity contribution in [3.63, 3.8) is 0 Å². The van der Waals surface area contributed by atoms with Crippen molar-refractivity contribution in [2.45, 2.75) is 20.8 Å². The molecule has 0 amide bonds. The molecule has 0 saturated heterocycles. The topological polar surface area (TPSA) is 41.9 Å². The van der Waals surface area contributed by atoms with Crippen LogP contribution in [0.3, 0.4) is 0 Å². The number of benzene rings is 6. The van der Waals surface area contributed by atoms with E-state index in [1.54, 1.807) is 0 Å². The smallest absolute Gasteiger partial charge is 0.0706 e. The standard InChI is InChI=1S/C54H36N4/c1-37-4-22-46-34-43(19-31-52(46)55-37)10-7-40-13-25-49(26-14-40)58(50-27-15-41(16-28-50)8-11-44-20-32-53-47(35-44)23-5-38(2)56-53)51-29-17-42(18-30-51)9-12-45-21-33-54-48(36-45)24-6-39(3)57-54/h4-6,13-36H,1-3H3. The molecule has 9 aromatic rings. The molecule has 0 bridgehead atoms. The minimum atomic E-state index is 0.932. The second-order valence-corrected chi connectivity index (χ2v) is 14.3. The summed E-state index contributed by atoms with van der Waals surface area (Å²) in [5.41, 5.74) is 14.6. The third-order valence-corrected chi connectivity index (χ3v) is 9.92. The van der Waals surface area contributed by atoms with Crippen LogP contribution in [0.4, 0.5) is 17.1 Å². The number of aromatic nitrogens is 3. The summed E-state index contributed by atoms with van der Waals surface area (Å²) in [4.78, 5) is 16.1. The monoisotopic (exact) mass is 740 g/mol. The van der Waals surface area contributed by atoms with E-state index in [9.17, 15) is 0 Å². The van der Waals surface area contributed by atoms with Crippen LogP contribution in [-0.2, 0) is 0 Å². The van der Waals surface area contributed by atoms with Crippen LogP contribution in [0.25, 0.3) is 32.7 Å². The molecule has 272 valence electrons. The fourth-order valence-corrected chi connectivity index (χ4v) is 6.88. The van der Waals surface area contributed by atoms with Crippen LogP contribution in [0.5, 0.6) is 0 Å². The number of rotatable bonds is 3. The van der Waals surface area contributed by atoms with E-state index >= 15 is 0 Å². The van der Waals surface area contributed by atoms with E-state index in [1.165, 1.54) is 0 Å². The summed E-state index contributed by atoms with van der Waals surface area (Å²) in [6, 6.07) is 55.9. The number of nitrogens with zero attached hydrogens (tertiary/aromatic N) is 4. The Balaban J connectivity index is 1.00. The van der Waals surface area contributed by atoms with Crippen LogP contribution in [0.2, 0.25) is 0 Å². The lowest BCUT2D eigenvalue weighted by molar-refractivity contribution is 1.25. The predicted molar refractivity (Wildman–Crippen MR) is 239 cm³/mol. The third-order valence-electron chi connectivity index (χ3n) is 9.92. The van der Waals surface area contributed by atoms with Gasteiger partial charge in [0.25, 0.3) is 0 Å². The number of anilines is 3. The van der Waals surface area contributed by atoms with E-state index in [2.05, 4.69) is 165 Å². The Hall–Kier alpha value is -7.97. The lowest BCUT2D eigenvalue weighted by Crippen LogP contribution is -2.09. The molecule has 9 rings (SSSR count). The van der Waals surface area contributed by atoms with Gasteiger partial charge < -0.3 is 4.90 Å². The van der Waals surface area contributed by atoms with Gasteiger partial charge in [0.1, 0.15) is 0 Å². The van der Waals surface area contributed by atoms with Gasteiger partial charge in [-0.3, -0.25) is 15.0 Å². The molecule has 0 saturated carbocycles. The zero-order valence-electron chi connectivity index (χ0n) is 32.4. The predicted octanol–water partition coefficient (Wildman–Crippen LogP) is 11.9. The van der Waals surface area contributed by atoms with Crippen LogP contribution < -0.4 is 4.90 Å². The third kappa shape index (κ3) is 8.03. The van der Waals surface area contributed by atoms with Crippen molar-refractivity contribution in [3.05, 3.63) is 214 Å². The van der Waals surface area contributed by atoms with Crippen LogP contribution in [0.1, 0.15) is 50.5 Å². The maximum atomic E-state index is 4.62. The maximum Gasteiger partial charge on any atom is 0.0706 e. The molecule has 0 aliphatic carbocycles. The summed E-state index contributed by atoms with van der Waals surface area (Å²) < 4.78 is 0. The lowest BCUT2D eigenvalue weighted by Gasteiger charge is -2.25. The minimum absolute atomic E-state index is 0.932. The summed E-state index contributed by atoms with van der Waals surface area (Å²) in [5.74, 6) is 20.1. The zero-order chi connectivity index (χ0) is 39.4. The Kier molecular flexibility index (Phi) is 9.63. The van der Waals surface area contributed by atoms with Crippen LogP contribution in [-0.4, -0.2) is 15.0 Å². The summed E-state index contributed by atoms with van der Waals surface area (Å²) in [6.45, 7) is 6.02. The second-order valence-electron chi connectivity index (χ2n) is 14.3. The summed E-state index contributed by atoms with van der Waals surface area (Å²) in [7, 11) is 0. The average molecular weight is 741 g/mol. The van der Waals surface area contributed by atoms with Crippen molar-refractivity contribution in [2.75, 3.05) is 4.90 Å². The molecule has 0 spiro atoms. The first-order valence-electron chi connectivity index (χ1n) is 19.2. The lowest BCUT2D eigenvalue weighted by atomic mass is 10.1. The molecule has 0 N–H and O–H groups in total. The van der Waals surface area contributed by atoms with Crippen LogP contribution in [0.15, 0.2) is 164 Å². The normalized spacial score (nSPS) is 10.6. The van der Waals surface area contributed by atoms with Crippen LogP contribution in [0, 0.1) is 56.3 Å². The van der Waals surface area contributed by atoms with Crippen LogP contribution >= 0.6 is 0 Å². The molecule has 3 heterocycles. The Morgan fingerprint density at radius 3 is 0.845 bits per heavy atom. The van der Waals surface area contributed by atoms with Gasteiger partial charge in [-0.15, -0.1) is 0 Å². The molecule has 0 atom stereocenters. The summed E-state index contributed by atoms with van der Waals surface area (Å²) in [5, 5.41) is 3.25. The fraction of sp³-hybridized carbons (Fsp3) is 0.0556. The highest BCUT2D eigenvalue weighted by Crippen LogP contribution is 2.35. The average Bonchev–Trinajstić information content (AvgIpc) is 3.25. The van der Waals surface area contributed by atoms with Gasteiger partial charge in [-0.05, 0) is 166 Å². The largest absolute Gasteiger partial charge is 0.311 e. The van der Waals surface area contributed by atoms with Gasteiger partial charge in [0.2, 0.25) is 0 Å². The van der Waals surface area contributed by atoms with Gasteiger partial charge in [-0.2, -0.15) is 0 Å². The van der Waals surface area contributed by atoms with Gasteiger partial charge >= 0.3 is 0 Å². The molecule has 4 heteroatoms. The molecule has 0 fully saturated rings. The molecular weight excluding hydrogens is 705 g/mol. The fourth-order valence-electron chi connectivity index (χ4n) is 6.88. The number of fused-ring (bicyclic) bond motifs is 3. The zero-order valence-corrected chi connectivity index (χ0v) is 32.4. The van der Waals surface area contributed by atoms with Gasteiger partial charge in [0.15, 0.2) is 0 Å². The number of pyridine rings is 3. The van der Waals surface area contributed by atoms with Gasteiger partial charge in [-0.1, -0.05) is 53.7 Å². The van der Waals surface area contributed by atoms with E-state index < -0.39 is 0 Å². The Bertz CT molecular complexity index is 2850. The molecular formula is C54H36N4. The molecule has 0 aliphatic heterocycles. The first kappa shape index (κ1) is 35.7. The van der Waals surface area contributed by atoms with Crippen molar-refractivity contribution >= 4 is 49.8 Å². The molecule has 0 aliphatic rings. The summed E-state index contributed by atoms with van der Waals surface area (Å²) in [6.07, 6.45) is 0. The van der Waals surface area contributed by atoms with Crippen molar-refractivity contribution < 1.29 is 0 Å². The van der Waals surface area contributed by atoms with E-state index in [0.29, 0.717) is 0 Å². The van der Waals surface area contributed by atoms with E-state index in [-0.39, 0.29) is 0 Å². The SMILES string of the molecule is Cc1ccc2cc(C#Cc3ccc(N(c4ccc(C#Cc5ccc6nc(C)ccc6c5)cc4)c4ccc(C#Cc5ccc6nc(C)ccc6c5)cc4)cc3)ccc2n1. The Morgan fingerprint density at radius 1 is 0.293 bits per heavy atom. The van der Waals surface area contributed by atoms with Crippen molar-refractivity contribution in [1.29, 1.82) is 0 Å². The molecule has 0 unspecified atom stereocenters. The second kappa shape index (κ2) is 15.6. The first-order valence-corrected chi connectivity index (χ1v) is 19.2. The van der Waals surface area contributed by atoms with E-state index in [4.69, 9.17) is 0 Å². The minimum Gasteiger partial charge on any atom is -0.311 e. The first-order chi connectivity index (χ1) is 28.4.